The normalized spacial score (nSPS) is 25.2. The summed E-state index contributed by atoms with van der Waals surface area (Å²) in [5.41, 5.74) is -0.826. The van der Waals surface area contributed by atoms with E-state index >= 15 is 0 Å². The molecule has 1 saturated carbocycles. The Morgan fingerprint density at radius 3 is 2.78 bits per heavy atom. The van der Waals surface area contributed by atoms with Gasteiger partial charge in [0.2, 0.25) is 11.3 Å². The molecule has 0 unspecified atom stereocenters. The van der Waals surface area contributed by atoms with Crippen LogP contribution < -0.4 is 0 Å². The molecule has 0 aliphatic heterocycles. The summed E-state index contributed by atoms with van der Waals surface area (Å²) in [6, 6.07) is 6.05. The predicted molar refractivity (Wildman–Crippen MR) is 67.1 cm³/mol. The van der Waals surface area contributed by atoms with Crippen LogP contribution in [0.15, 0.2) is 24.3 Å². The van der Waals surface area contributed by atoms with Crippen LogP contribution in [0.2, 0.25) is 0 Å². The average Bonchev–Trinajstić information content (AvgIpc) is 2.36. The lowest BCUT2D eigenvalue weighted by atomic mass is 9.82. The Bertz CT molecular complexity index is 498. The van der Waals surface area contributed by atoms with Crippen molar-refractivity contribution in [3.05, 3.63) is 40.9 Å². The van der Waals surface area contributed by atoms with Crippen molar-refractivity contribution >= 4 is 12.0 Å². The van der Waals surface area contributed by atoms with Gasteiger partial charge in [-0.3, -0.25) is 4.79 Å². The third kappa shape index (κ3) is 2.28. The lowest BCUT2D eigenvalue weighted by Crippen LogP contribution is -2.47. The first-order valence-electron chi connectivity index (χ1n) is 6.13. The highest BCUT2D eigenvalue weighted by atomic mass is 19.1. The molecule has 0 saturated heterocycles. The number of halogens is 1. The van der Waals surface area contributed by atoms with Crippen molar-refractivity contribution in [1.29, 1.82) is 0 Å². The topological polar surface area (TPSA) is 43.1 Å². The van der Waals surface area contributed by atoms with Gasteiger partial charge in [0.25, 0.3) is 0 Å². The maximum absolute atomic E-state index is 13.5. The van der Waals surface area contributed by atoms with E-state index in [1.165, 1.54) is 18.3 Å². The second-order valence-electron chi connectivity index (χ2n) is 4.88. The van der Waals surface area contributed by atoms with Gasteiger partial charge in [-0.25, -0.2) is 4.39 Å². The Labute approximate surface area is 106 Å². The highest BCUT2D eigenvalue weighted by Crippen LogP contribution is 2.27. The predicted octanol–water partition coefficient (Wildman–Crippen LogP) is 2.66. The van der Waals surface area contributed by atoms with Crippen molar-refractivity contribution < 1.29 is 13.9 Å². The Hall–Kier alpha value is -1.71. The maximum atomic E-state index is 13.5. The minimum Gasteiger partial charge on any atom is -0.623 e. The van der Waals surface area contributed by atoms with Gasteiger partial charge in [-0.15, -0.1) is 0 Å². The van der Waals surface area contributed by atoms with Crippen molar-refractivity contribution in [2.75, 3.05) is 0 Å². The smallest absolute Gasteiger partial charge is 0.227 e. The number of hydrogen-bond acceptors (Lipinski definition) is 2. The quantitative estimate of drug-likeness (QED) is 0.350. The monoisotopic (exact) mass is 249 g/mol. The van der Waals surface area contributed by atoms with E-state index in [1.54, 1.807) is 19.1 Å². The van der Waals surface area contributed by atoms with Gasteiger partial charge in [0.15, 0.2) is 6.21 Å². The molecule has 0 radical (unpaired) electrons. The van der Waals surface area contributed by atoms with Gasteiger partial charge in [0.05, 0.1) is 5.56 Å². The molecule has 1 aliphatic rings. The van der Waals surface area contributed by atoms with Gasteiger partial charge in [-0.05, 0) is 25.0 Å². The molecule has 2 rings (SSSR count). The molecule has 1 fully saturated rings. The fourth-order valence-corrected chi connectivity index (χ4v) is 2.25. The van der Waals surface area contributed by atoms with E-state index in [4.69, 9.17) is 0 Å². The first-order valence-corrected chi connectivity index (χ1v) is 6.13. The van der Waals surface area contributed by atoms with Crippen molar-refractivity contribution in [2.24, 2.45) is 0 Å². The van der Waals surface area contributed by atoms with Crippen molar-refractivity contribution in [2.45, 2.75) is 38.1 Å². The number of hydrogen-bond donors (Lipinski definition) is 0. The lowest BCUT2D eigenvalue weighted by Gasteiger charge is -2.30. The van der Waals surface area contributed by atoms with Crippen LogP contribution in [0.4, 0.5) is 4.39 Å². The highest BCUT2D eigenvalue weighted by Gasteiger charge is 2.42. The van der Waals surface area contributed by atoms with Gasteiger partial charge < -0.3 is 5.21 Å². The molecule has 4 heteroatoms. The summed E-state index contributed by atoms with van der Waals surface area (Å²) < 4.78 is 14.1. The largest absolute Gasteiger partial charge is 0.623 e. The summed E-state index contributed by atoms with van der Waals surface area (Å²) in [6.07, 6.45) is 3.83. The summed E-state index contributed by atoms with van der Waals surface area (Å²) in [5, 5.41) is 12.1. The molecule has 0 bridgehead atoms. The van der Waals surface area contributed by atoms with Crippen LogP contribution in [0, 0.1) is 11.0 Å². The number of Topliss-reactive ketones (excluding diaryl/α,β-unsaturated/α-hetero) is 1. The van der Waals surface area contributed by atoms with E-state index in [1.807, 2.05) is 0 Å². The molecule has 0 N–H and O–H groups in total. The molecule has 0 aromatic heterocycles. The van der Waals surface area contributed by atoms with Crippen LogP contribution in [0.25, 0.3) is 0 Å². The van der Waals surface area contributed by atoms with Crippen LogP contribution in [0.1, 0.15) is 38.2 Å². The summed E-state index contributed by atoms with van der Waals surface area (Å²) in [5.74, 6) is -0.512. The van der Waals surface area contributed by atoms with Gasteiger partial charge >= 0.3 is 0 Å². The van der Waals surface area contributed by atoms with E-state index in [9.17, 15) is 14.4 Å². The van der Waals surface area contributed by atoms with Gasteiger partial charge in [0.1, 0.15) is 5.82 Å². The minimum atomic E-state index is -1.04. The average molecular weight is 249 g/mol. The molecule has 0 spiro atoms. The second-order valence-corrected chi connectivity index (χ2v) is 4.88. The zero-order chi connectivity index (χ0) is 13.2. The number of benzene rings is 1. The number of carbonyl (C=O) groups is 1. The van der Waals surface area contributed by atoms with E-state index in [2.05, 4.69) is 0 Å². The first kappa shape index (κ1) is 12.7. The molecule has 1 atom stereocenters. The molecule has 1 aromatic rings. The zero-order valence-corrected chi connectivity index (χ0v) is 10.4. The van der Waals surface area contributed by atoms with Crippen LogP contribution in [-0.2, 0) is 4.79 Å². The van der Waals surface area contributed by atoms with Crippen LogP contribution in [-0.4, -0.2) is 22.3 Å². The number of rotatable bonds is 2. The van der Waals surface area contributed by atoms with Gasteiger partial charge in [0, 0.05) is 19.8 Å². The van der Waals surface area contributed by atoms with Crippen molar-refractivity contribution in [3.8, 4) is 0 Å². The van der Waals surface area contributed by atoms with E-state index < -0.39 is 11.4 Å². The second kappa shape index (κ2) is 4.88. The Morgan fingerprint density at radius 2 is 2.11 bits per heavy atom. The number of hydroxylamine groups is 1. The van der Waals surface area contributed by atoms with E-state index in [0.29, 0.717) is 17.6 Å². The lowest BCUT2D eigenvalue weighted by molar-refractivity contribution is -0.525. The van der Waals surface area contributed by atoms with Crippen LogP contribution in [0.3, 0.4) is 0 Å². The van der Waals surface area contributed by atoms with Crippen molar-refractivity contribution in [3.63, 3.8) is 0 Å². The molecule has 18 heavy (non-hydrogen) atoms. The zero-order valence-electron chi connectivity index (χ0n) is 10.4. The van der Waals surface area contributed by atoms with Crippen molar-refractivity contribution in [1.82, 2.24) is 0 Å². The molecule has 3 nitrogen and oxygen atoms in total. The Kier molecular flexibility index (Phi) is 3.45. The summed E-state index contributed by atoms with van der Waals surface area (Å²) in [7, 11) is 0. The third-order valence-corrected chi connectivity index (χ3v) is 3.57. The maximum Gasteiger partial charge on any atom is 0.227 e. The fraction of sp³-hybridized carbons (Fsp3) is 0.429. The highest BCUT2D eigenvalue weighted by molar-refractivity contribution is 5.88. The molecule has 1 aliphatic carbocycles. The van der Waals surface area contributed by atoms with Crippen LogP contribution in [0.5, 0.6) is 0 Å². The van der Waals surface area contributed by atoms with E-state index in [0.717, 1.165) is 12.8 Å². The summed E-state index contributed by atoms with van der Waals surface area (Å²) in [4.78, 5) is 11.9. The van der Waals surface area contributed by atoms with Gasteiger partial charge in [-0.2, -0.15) is 4.74 Å². The number of nitrogens with zero attached hydrogens (tertiary/aromatic N) is 1. The molecule has 96 valence electrons. The van der Waals surface area contributed by atoms with E-state index in [-0.39, 0.29) is 11.3 Å². The Morgan fingerprint density at radius 1 is 1.39 bits per heavy atom. The van der Waals surface area contributed by atoms with Crippen LogP contribution >= 0.6 is 0 Å². The summed E-state index contributed by atoms with van der Waals surface area (Å²) >= 11 is 0. The summed E-state index contributed by atoms with van der Waals surface area (Å²) in [6.45, 7) is 1.64. The number of carbonyl (C=O) groups excluding carboxylic acids is 1. The first-order chi connectivity index (χ1) is 8.54. The fourth-order valence-electron chi connectivity index (χ4n) is 2.25. The molecular formula is C14H16FNO2. The van der Waals surface area contributed by atoms with Gasteiger partial charge in [-0.1, -0.05) is 12.1 Å². The Balaban J connectivity index is 2.33. The standard InChI is InChI=1S/C14H16FNO2/c1-14(9-5-4-8-13(14)17)16(18)10-11-6-2-3-7-12(11)15/h2-3,6-7,10H,4-5,8-9H2,1H3/b16-10+/t14-/m1/s1. The molecule has 1 aromatic carbocycles. The number of ketones is 1. The molecule has 0 amide bonds. The molecule has 0 heterocycles. The third-order valence-electron chi connectivity index (χ3n) is 3.57. The SMILES string of the molecule is C[C@@]1(/[N+]([O-])=C\c2ccccc2F)CCCCC1=O. The molecular weight excluding hydrogens is 233 g/mol. The minimum absolute atomic E-state index is 0.0589.